The average molecular weight is 426 g/mol. The summed E-state index contributed by atoms with van der Waals surface area (Å²) in [4.78, 5) is 27.1. The number of halogens is 2. The van der Waals surface area contributed by atoms with E-state index in [0.29, 0.717) is 27.2 Å². The van der Waals surface area contributed by atoms with Gasteiger partial charge in [0.25, 0.3) is 0 Å². The lowest BCUT2D eigenvalue weighted by Gasteiger charge is -2.14. The number of carbonyl (C=O) groups is 2. The Labute approximate surface area is 176 Å². The molecule has 3 aromatic carbocycles. The van der Waals surface area contributed by atoms with Gasteiger partial charge in [0.1, 0.15) is 11.5 Å². The Morgan fingerprint density at radius 1 is 0.586 bits per heavy atom. The quantitative estimate of drug-likeness (QED) is 0.524. The lowest BCUT2D eigenvalue weighted by molar-refractivity contribution is -0.121. The van der Waals surface area contributed by atoms with E-state index in [4.69, 9.17) is 32.7 Å². The van der Waals surface area contributed by atoms with E-state index in [9.17, 15) is 9.59 Å². The van der Waals surface area contributed by atoms with E-state index in [0.717, 1.165) is 4.90 Å². The maximum atomic E-state index is 13.0. The summed E-state index contributed by atoms with van der Waals surface area (Å²) in [6.45, 7) is 0. The molecule has 0 N–H and O–H groups in total. The van der Waals surface area contributed by atoms with Gasteiger partial charge in [0.05, 0.1) is 5.69 Å². The van der Waals surface area contributed by atoms with Gasteiger partial charge in [-0.2, -0.15) is 0 Å². The highest BCUT2D eigenvalue weighted by Gasteiger charge is 2.43. The Balaban J connectivity index is 1.73. The lowest BCUT2D eigenvalue weighted by Crippen LogP contribution is -2.32. The first-order valence-electron chi connectivity index (χ1n) is 8.58. The molecule has 0 unspecified atom stereocenters. The Hall–Kier alpha value is -3.28. The van der Waals surface area contributed by atoms with Crippen molar-refractivity contribution >= 4 is 40.7 Å². The summed E-state index contributed by atoms with van der Waals surface area (Å²) in [5.74, 6) is -0.984. The summed E-state index contributed by atoms with van der Waals surface area (Å²) < 4.78 is 11.5. The smallest absolute Gasteiger partial charge is 0.305 e. The summed E-state index contributed by atoms with van der Waals surface area (Å²) in [5.41, 5.74) is 0.411. The number of anilines is 1. The average Bonchev–Trinajstić information content (AvgIpc) is 2.96. The van der Waals surface area contributed by atoms with Crippen LogP contribution in [0.5, 0.6) is 11.5 Å². The molecule has 0 bridgehead atoms. The van der Waals surface area contributed by atoms with E-state index < -0.39 is 11.8 Å². The molecule has 0 aromatic heterocycles. The molecule has 0 saturated heterocycles. The summed E-state index contributed by atoms with van der Waals surface area (Å²) in [6, 6.07) is 21.4. The molecule has 0 spiro atoms. The minimum Gasteiger partial charge on any atom is -0.447 e. The number of hydrogen-bond donors (Lipinski definition) is 0. The van der Waals surface area contributed by atoms with Gasteiger partial charge < -0.3 is 9.47 Å². The highest BCUT2D eigenvalue weighted by Crippen LogP contribution is 2.31. The van der Waals surface area contributed by atoms with Gasteiger partial charge in [0.2, 0.25) is 11.5 Å². The second kappa shape index (κ2) is 7.99. The topological polar surface area (TPSA) is 55.8 Å². The van der Waals surface area contributed by atoms with Gasteiger partial charge in [-0.1, -0.05) is 41.4 Å². The summed E-state index contributed by atoms with van der Waals surface area (Å²) in [5, 5.41) is 1.03. The normalized spacial score (nSPS) is 13.8. The van der Waals surface area contributed by atoms with E-state index in [1.165, 1.54) is 0 Å². The molecule has 2 amide bonds. The Kier molecular flexibility index (Phi) is 5.25. The van der Waals surface area contributed by atoms with Gasteiger partial charge in [-0.3, -0.25) is 9.59 Å². The molecule has 0 saturated carbocycles. The van der Waals surface area contributed by atoms with Crippen LogP contribution in [-0.4, -0.2) is 11.8 Å². The summed E-state index contributed by atoms with van der Waals surface area (Å²) >= 11 is 11.8. The minimum absolute atomic E-state index is 0.212. The number of carbonyl (C=O) groups excluding carboxylic acids is 2. The fraction of sp³-hybridized carbons (Fsp3) is 0. The van der Waals surface area contributed by atoms with Crippen LogP contribution in [0.4, 0.5) is 5.69 Å². The number of para-hydroxylation sites is 1. The molecule has 0 aliphatic carbocycles. The first-order chi connectivity index (χ1) is 14.0. The second-order valence-electron chi connectivity index (χ2n) is 6.05. The minimum atomic E-state index is -0.625. The molecule has 7 heteroatoms. The van der Waals surface area contributed by atoms with Crippen molar-refractivity contribution in [1.29, 1.82) is 0 Å². The van der Waals surface area contributed by atoms with Crippen molar-refractivity contribution in [2.24, 2.45) is 0 Å². The van der Waals surface area contributed by atoms with Crippen LogP contribution in [0, 0.1) is 0 Å². The third-order valence-electron chi connectivity index (χ3n) is 4.08. The van der Waals surface area contributed by atoms with E-state index in [-0.39, 0.29) is 11.5 Å². The Morgan fingerprint density at radius 3 is 1.41 bits per heavy atom. The molecule has 1 heterocycles. The van der Waals surface area contributed by atoms with Crippen LogP contribution in [0.25, 0.3) is 0 Å². The maximum Gasteiger partial charge on any atom is 0.305 e. The molecule has 4 rings (SSSR count). The molecule has 29 heavy (non-hydrogen) atoms. The summed E-state index contributed by atoms with van der Waals surface area (Å²) in [7, 11) is 0. The van der Waals surface area contributed by atoms with E-state index in [1.54, 1.807) is 78.9 Å². The summed E-state index contributed by atoms with van der Waals surface area (Å²) in [6.07, 6.45) is 0. The Bertz CT molecular complexity index is 1020. The van der Waals surface area contributed by atoms with Crippen molar-refractivity contribution < 1.29 is 19.1 Å². The first-order valence-corrected chi connectivity index (χ1v) is 9.33. The lowest BCUT2D eigenvalue weighted by atomic mass is 10.3. The van der Waals surface area contributed by atoms with Crippen LogP contribution in [0.15, 0.2) is 90.4 Å². The maximum absolute atomic E-state index is 13.0. The van der Waals surface area contributed by atoms with Crippen LogP contribution in [0.3, 0.4) is 0 Å². The highest BCUT2D eigenvalue weighted by molar-refractivity contribution is 6.32. The predicted molar refractivity (Wildman–Crippen MR) is 110 cm³/mol. The van der Waals surface area contributed by atoms with Crippen molar-refractivity contribution in [3.63, 3.8) is 0 Å². The van der Waals surface area contributed by atoms with Crippen LogP contribution in [0.2, 0.25) is 10.0 Å². The molecule has 144 valence electrons. The zero-order chi connectivity index (χ0) is 20.4. The van der Waals surface area contributed by atoms with E-state index in [1.807, 2.05) is 0 Å². The first kappa shape index (κ1) is 19.1. The van der Waals surface area contributed by atoms with Gasteiger partial charge in [-0.05, 0) is 60.7 Å². The van der Waals surface area contributed by atoms with Crippen LogP contribution in [0.1, 0.15) is 0 Å². The number of rotatable bonds is 5. The molecule has 0 atom stereocenters. The van der Waals surface area contributed by atoms with Crippen molar-refractivity contribution in [3.8, 4) is 11.5 Å². The molecule has 0 radical (unpaired) electrons. The van der Waals surface area contributed by atoms with E-state index >= 15 is 0 Å². The standard InChI is InChI=1S/C22H13Cl2NO4/c23-14-6-10-17(11-7-14)28-19-20(29-18-12-8-15(24)9-13-18)22(27)25(21(19)26)16-4-2-1-3-5-16/h1-13H. The number of benzene rings is 3. The fourth-order valence-corrected chi connectivity index (χ4v) is 2.97. The van der Waals surface area contributed by atoms with Gasteiger partial charge in [0, 0.05) is 10.0 Å². The van der Waals surface area contributed by atoms with Gasteiger partial charge in [-0.25, -0.2) is 4.90 Å². The molecule has 3 aromatic rings. The monoisotopic (exact) mass is 425 g/mol. The number of imide groups is 1. The zero-order valence-electron chi connectivity index (χ0n) is 14.8. The predicted octanol–water partition coefficient (Wildman–Crippen LogP) is 5.24. The van der Waals surface area contributed by atoms with Crippen LogP contribution < -0.4 is 14.4 Å². The second-order valence-corrected chi connectivity index (χ2v) is 6.92. The Morgan fingerprint density at radius 2 is 1.00 bits per heavy atom. The van der Waals surface area contributed by atoms with Crippen LogP contribution in [-0.2, 0) is 9.59 Å². The molecular formula is C22H13Cl2NO4. The number of amides is 2. The molecule has 1 aliphatic heterocycles. The molecule has 5 nitrogen and oxygen atoms in total. The van der Waals surface area contributed by atoms with Crippen molar-refractivity contribution in [1.82, 2.24) is 0 Å². The highest BCUT2D eigenvalue weighted by atomic mass is 35.5. The third kappa shape index (κ3) is 3.97. The fourth-order valence-electron chi connectivity index (χ4n) is 2.72. The van der Waals surface area contributed by atoms with Crippen molar-refractivity contribution in [2.45, 2.75) is 0 Å². The van der Waals surface area contributed by atoms with Gasteiger partial charge >= 0.3 is 11.8 Å². The number of hydrogen-bond acceptors (Lipinski definition) is 4. The van der Waals surface area contributed by atoms with Crippen molar-refractivity contribution in [2.75, 3.05) is 4.90 Å². The zero-order valence-corrected chi connectivity index (χ0v) is 16.4. The number of nitrogens with zero attached hydrogens (tertiary/aromatic N) is 1. The van der Waals surface area contributed by atoms with Gasteiger partial charge in [-0.15, -0.1) is 0 Å². The SMILES string of the molecule is O=C1C(Oc2ccc(Cl)cc2)=C(Oc2ccc(Cl)cc2)C(=O)N1c1ccccc1. The molecule has 0 fully saturated rings. The number of ether oxygens (including phenoxy) is 2. The molecule has 1 aliphatic rings. The molecular weight excluding hydrogens is 413 g/mol. The largest absolute Gasteiger partial charge is 0.447 e. The van der Waals surface area contributed by atoms with Crippen molar-refractivity contribution in [3.05, 3.63) is 100 Å². The van der Waals surface area contributed by atoms with Gasteiger partial charge in [0.15, 0.2) is 0 Å². The van der Waals surface area contributed by atoms with E-state index in [2.05, 4.69) is 0 Å². The van der Waals surface area contributed by atoms with Crippen LogP contribution >= 0.6 is 23.2 Å². The third-order valence-corrected chi connectivity index (χ3v) is 4.59.